The fraction of sp³-hybridized carbons (Fsp3) is 0.417. The Bertz CT molecular complexity index is 414. The molecule has 0 heterocycles. The molecule has 0 aliphatic carbocycles. The molecule has 0 aliphatic heterocycles. The van der Waals surface area contributed by atoms with Crippen LogP contribution in [0.15, 0.2) is 18.2 Å². The molecule has 0 saturated heterocycles. The lowest BCUT2D eigenvalue weighted by molar-refractivity contribution is -0.141. The van der Waals surface area contributed by atoms with E-state index in [4.69, 9.17) is 10.5 Å². The SMILES string of the molecule is COC(=O)C(N)CSCc1ccc(OC)c(F)c1. The van der Waals surface area contributed by atoms with Crippen LogP contribution in [0.1, 0.15) is 5.56 Å². The van der Waals surface area contributed by atoms with Gasteiger partial charge in [-0.25, -0.2) is 4.39 Å². The van der Waals surface area contributed by atoms with Gasteiger partial charge in [-0.3, -0.25) is 4.79 Å². The van der Waals surface area contributed by atoms with Crippen LogP contribution in [0, 0.1) is 5.82 Å². The maximum atomic E-state index is 13.4. The number of carbonyl (C=O) groups is 1. The summed E-state index contributed by atoms with van der Waals surface area (Å²) in [5.41, 5.74) is 6.39. The monoisotopic (exact) mass is 273 g/mol. The van der Waals surface area contributed by atoms with E-state index in [-0.39, 0.29) is 5.75 Å². The van der Waals surface area contributed by atoms with Gasteiger partial charge in [-0.15, -0.1) is 0 Å². The maximum Gasteiger partial charge on any atom is 0.323 e. The zero-order valence-corrected chi connectivity index (χ0v) is 11.1. The van der Waals surface area contributed by atoms with Gasteiger partial charge in [-0.05, 0) is 17.7 Å². The number of thioether (sulfide) groups is 1. The Kier molecular flexibility index (Phi) is 5.94. The van der Waals surface area contributed by atoms with E-state index in [2.05, 4.69) is 4.74 Å². The first-order chi connectivity index (χ1) is 8.58. The first kappa shape index (κ1) is 14.8. The molecule has 0 bridgehead atoms. The summed E-state index contributed by atoms with van der Waals surface area (Å²) in [6, 6.07) is 4.11. The number of carbonyl (C=O) groups excluding carboxylic acids is 1. The van der Waals surface area contributed by atoms with Gasteiger partial charge in [0.05, 0.1) is 14.2 Å². The van der Waals surface area contributed by atoms with Crippen molar-refractivity contribution in [2.75, 3.05) is 20.0 Å². The largest absolute Gasteiger partial charge is 0.494 e. The summed E-state index contributed by atoms with van der Waals surface area (Å²) in [4.78, 5) is 11.1. The number of hydrogen-bond donors (Lipinski definition) is 1. The van der Waals surface area contributed by atoms with Crippen LogP contribution in [0.5, 0.6) is 5.75 Å². The Balaban J connectivity index is 2.44. The molecule has 0 saturated carbocycles. The summed E-state index contributed by atoms with van der Waals surface area (Å²) in [5, 5.41) is 0. The van der Waals surface area contributed by atoms with Gasteiger partial charge in [0.2, 0.25) is 0 Å². The minimum absolute atomic E-state index is 0.218. The van der Waals surface area contributed by atoms with Gasteiger partial charge in [0.15, 0.2) is 11.6 Å². The van der Waals surface area contributed by atoms with E-state index >= 15 is 0 Å². The smallest absolute Gasteiger partial charge is 0.323 e. The van der Waals surface area contributed by atoms with Crippen LogP contribution in [-0.2, 0) is 15.3 Å². The molecule has 1 aromatic rings. The normalized spacial score (nSPS) is 12.0. The summed E-state index contributed by atoms with van der Waals surface area (Å²) < 4.78 is 22.7. The molecule has 4 nitrogen and oxygen atoms in total. The third kappa shape index (κ3) is 4.19. The van der Waals surface area contributed by atoms with Crippen molar-refractivity contribution >= 4 is 17.7 Å². The van der Waals surface area contributed by atoms with Crippen molar-refractivity contribution in [3.63, 3.8) is 0 Å². The average Bonchev–Trinajstić information content (AvgIpc) is 2.37. The Hall–Kier alpha value is -1.27. The van der Waals surface area contributed by atoms with Crippen LogP contribution in [0.25, 0.3) is 0 Å². The summed E-state index contributed by atoms with van der Waals surface area (Å²) >= 11 is 1.45. The molecule has 1 rings (SSSR count). The van der Waals surface area contributed by atoms with Crippen LogP contribution >= 0.6 is 11.8 Å². The second-order valence-corrected chi connectivity index (χ2v) is 4.64. The molecule has 2 N–H and O–H groups in total. The van der Waals surface area contributed by atoms with Crippen LogP contribution in [-0.4, -0.2) is 32.0 Å². The second-order valence-electron chi connectivity index (χ2n) is 3.61. The fourth-order valence-corrected chi connectivity index (χ4v) is 2.25. The van der Waals surface area contributed by atoms with Crippen molar-refractivity contribution in [1.29, 1.82) is 0 Å². The molecule has 1 unspecified atom stereocenters. The number of ether oxygens (including phenoxy) is 2. The van der Waals surface area contributed by atoms with Crippen molar-refractivity contribution in [2.24, 2.45) is 5.73 Å². The average molecular weight is 273 g/mol. The zero-order valence-electron chi connectivity index (χ0n) is 10.3. The fourth-order valence-electron chi connectivity index (χ4n) is 1.32. The highest BCUT2D eigenvalue weighted by atomic mass is 32.2. The summed E-state index contributed by atoms with van der Waals surface area (Å²) in [7, 11) is 2.72. The van der Waals surface area contributed by atoms with Crippen molar-refractivity contribution in [3.8, 4) is 5.75 Å². The number of halogens is 1. The van der Waals surface area contributed by atoms with E-state index in [1.807, 2.05) is 0 Å². The van der Waals surface area contributed by atoms with Crippen molar-refractivity contribution in [3.05, 3.63) is 29.6 Å². The van der Waals surface area contributed by atoms with Crippen LogP contribution < -0.4 is 10.5 Å². The summed E-state index contributed by atoms with van der Waals surface area (Å²) in [6.07, 6.45) is 0. The number of hydrogen-bond acceptors (Lipinski definition) is 5. The highest BCUT2D eigenvalue weighted by Gasteiger charge is 2.13. The van der Waals surface area contributed by atoms with E-state index < -0.39 is 17.8 Å². The molecule has 0 spiro atoms. The molecule has 0 aliphatic rings. The van der Waals surface area contributed by atoms with Crippen LogP contribution in [0.4, 0.5) is 4.39 Å². The molecular formula is C12H16FNO3S. The number of nitrogens with two attached hydrogens (primary N) is 1. The lowest BCUT2D eigenvalue weighted by atomic mass is 10.2. The maximum absolute atomic E-state index is 13.4. The molecule has 18 heavy (non-hydrogen) atoms. The summed E-state index contributed by atoms with van der Waals surface area (Å²) in [5.74, 6) is 0.387. The van der Waals surface area contributed by atoms with Gasteiger partial charge >= 0.3 is 5.97 Å². The van der Waals surface area contributed by atoms with E-state index in [1.165, 1.54) is 32.0 Å². The standard InChI is InChI=1S/C12H16FNO3S/c1-16-11-4-3-8(5-9(11)13)6-18-7-10(14)12(15)17-2/h3-5,10H,6-7,14H2,1-2H3. The van der Waals surface area contributed by atoms with Gasteiger partial charge in [0.1, 0.15) is 6.04 Å². The lowest BCUT2D eigenvalue weighted by Gasteiger charge is -2.09. The van der Waals surface area contributed by atoms with Crippen molar-refractivity contribution < 1.29 is 18.7 Å². The Morgan fingerprint density at radius 1 is 1.50 bits per heavy atom. The Morgan fingerprint density at radius 3 is 2.78 bits per heavy atom. The van der Waals surface area contributed by atoms with E-state index in [9.17, 15) is 9.18 Å². The van der Waals surface area contributed by atoms with E-state index in [0.717, 1.165) is 5.56 Å². The number of methoxy groups -OCH3 is 2. The summed E-state index contributed by atoms with van der Waals surface area (Å²) in [6.45, 7) is 0. The number of rotatable bonds is 6. The number of benzene rings is 1. The quantitative estimate of drug-likeness (QED) is 0.797. The van der Waals surface area contributed by atoms with Gasteiger partial charge in [0, 0.05) is 11.5 Å². The first-order valence-corrected chi connectivity index (χ1v) is 6.47. The van der Waals surface area contributed by atoms with Crippen molar-refractivity contribution in [2.45, 2.75) is 11.8 Å². The molecule has 0 fully saturated rings. The molecule has 1 aromatic carbocycles. The highest BCUT2D eigenvalue weighted by molar-refractivity contribution is 7.98. The van der Waals surface area contributed by atoms with E-state index in [1.54, 1.807) is 12.1 Å². The first-order valence-electron chi connectivity index (χ1n) is 5.32. The van der Waals surface area contributed by atoms with Crippen LogP contribution in [0.2, 0.25) is 0 Å². The predicted molar refractivity (Wildman–Crippen MR) is 69.1 cm³/mol. The molecule has 1 atom stereocenters. The molecular weight excluding hydrogens is 257 g/mol. The second kappa shape index (κ2) is 7.23. The minimum atomic E-state index is -0.650. The third-order valence-corrected chi connectivity index (χ3v) is 3.42. The topological polar surface area (TPSA) is 61.5 Å². The van der Waals surface area contributed by atoms with Gasteiger partial charge in [-0.2, -0.15) is 11.8 Å². The lowest BCUT2D eigenvalue weighted by Crippen LogP contribution is -2.33. The predicted octanol–water partition coefficient (Wildman–Crippen LogP) is 1.57. The Labute approximate surface area is 110 Å². The molecule has 100 valence electrons. The van der Waals surface area contributed by atoms with Gasteiger partial charge in [-0.1, -0.05) is 6.07 Å². The van der Waals surface area contributed by atoms with Gasteiger partial charge in [0.25, 0.3) is 0 Å². The number of esters is 1. The highest BCUT2D eigenvalue weighted by Crippen LogP contribution is 2.21. The Morgan fingerprint density at radius 2 is 2.22 bits per heavy atom. The van der Waals surface area contributed by atoms with Crippen molar-refractivity contribution in [1.82, 2.24) is 0 Å². The molecule has 6 heteroatoms. The minimum Gasteiger partial charge on any atom is -0.494 e. The van der Waals surface area contributed by atoms with Crippen LogP contribution in [0.3, 0.4) is 0 Å². The molecule has 0 amide bonds. The third-order valence-electron chi connectivity index (χ3n) is 2.29. The zero-order chi connectivity index (χ0) is 13.5. The van der Waals surface area contributed by atoms with Gasteiger partial charge < -0.3 is 15.2 Å². The van der Waals surface area contributed by atoms with E-state index in [0.29, 0.717) is 11.5 Å². The molecule has 0 radical (unpaired) electrons. The molecule has 0 aromatic heterocycles.